The fraction of sp³-hybridized carbons (Fsp3) is 0.636. The molecule has 126 valence electrons. The monoisotopic (exact) mass is 345 g/mol. The van der Waals surface area contributed by atoms with Gasteiger partial charge in [-0.2, -0.15) is 21.6 Å². The number of carbonyl (C=O) groups excluding carboxylic acids is 2. The molecule has 1 aliphatic rings. The van der Waals surface area contributed by atoms with Crippen LogP contribution >= 0.6 is 0 Å². The van der Waals surface area contributed by atoms with Gasteiger partial charge in [-0.05, 0) is 20.8 Å². The van der Waals surface area contributed by atoms with E-state index in [1.54, 1.807) is 20.8 Å². The molecule has 1 heterocycles. The molecule has 1 unspecified atom stereocenters. The number of ether oxygens (including phenoxy) is 1. The van der Waals surface area contributed by atoms with Gasteiger partial charge in [0.25, 0.3) is 0 Å². The minimum atomic E-state index is -5.86. The molecular weight excluding hydrogens is 331 g/mol. The number of halogens is 3. The number of alkyl halides is 3. The lowest BCUT2D eigenvalue weighted by Gasteiger charge is -2.25. The zero-order valence-corrected chi connectivity index (χ0v) is 12.7. The molecule has 0 aliphatic carbocycles. The van der Waals surface area contributed by atoms with Gasteiger partial charge in [-0.25, -0.2) is 4.79 Å². The van der Waals surface area contributed by atoms with Crippen LogP contribution in [0.1, 0.15) is 27.2 Å². The van der Waals surface area contributed by atoms with E-state index in [4.69, 9.17) is 4.74 Å². The number of hydrogen-bond donors (Lipinski definition) is 0. The van der Waals surface area contributed by atoms with Crippen LogP contribution in [0.2, 0.25) is 0 Å². The van der Waals surface area contributed by atoms with E-state index < -0.39 is 45.5 Å². The highest BCUT2D eigenvalue weighted by atomic mass is 32.2. The molecule has 0 spiro atoms. The van der Waals surface area contributed by atoms with Crippen LogP contribution in [0.5, 0.6) is 0 Å². The molecule has 11 heteroatoms. The highest BCUT2D eigenvalue weighted by molar-refractivity contribution is 7.87. The first-order chi connectivity index (χ1) is 9.77. The van der Waals surface area contributed by atoms with Gasteiger partial charge in [0, 0.05) is 6.42 Å². The average molecular weight is 345 g/mol. The maximum atomic E-state index is 12.2. The van der Waals surface area contributed by atoms with E-state index in [1.165, 1.54) is 0 Å². The molecule has 7 nitrogen and oxygen atoms in total. The molecule has 1 amide bonds. The van der Waals surface area contributed by atoms with E-state index in [9.17, 15) is 31.2 Å². The van der Waals surface area contributed by atoms with Gasteiger partial charge >= 0.3 is 21.7 Å². The highest BCUT2D eigenvalue weighted by Gasteiger charge is 2.49. The van der Waals surface area contributed by atoms with Crippen molar-refractivity contribution in [2.24, 2.45) is 0 Å². The fourth-order valence-electron chi connectivity index (χ4n) is 1.47. The molecule has 1 aliphatic heterocycles. The maximum Gasteiger partial charge on any atom is 0.534 e. The van der Waals surface area contributed by atoms with Crippen LogP contribution < -0.4 is 0 Å². The molecule has 0 saturated carbocycles. The standard InChI is InChI=1S/C11H14F3NO6S/c1-10(2,3)20-9(17)15-5-8(4-7(15)6-16)21-22(18,19)11(12,13)14/h5-7H,4H2,1-3H3. The summed E-state index contributed by atoms with van der Waals surface area (Å²) in [6, 6.07) is -1.20. The molecule has 0 radical (unpaired) electrons. The lowest BCUT2D eigenvalue weighted by Crippen LogP contribution is -2.38. The van der Waals surface area contributed by atoms with Gasteiger partial charge in [-0.3, -0.25) is 4.90 Å². The second-order valence-electron chi connectivity index (χ2n) is 5.37. The minimum Gasteiger partial charge on any atom is -0.443 e. The number of aldehydes is 1. The SMILES string of the molecule is CC(C)(C)OC(=O)N1C=C(OS(=O)(=O)C(F)(F)F)CC1C=O. The van der Waals surface area contributed by atoms with Crippen molar-refractivity contribution in [1.82, 2.24) is 4.90 Å². The predicted octanol–water partition coefficient (Wildman–Crippen LogP) is 1.90. The van der Waals surface area contributed by atoms with Gasteiger partial charge in [0.05, 0.1) is 6.20 Å². The molecule has 0 aromatic heterocycles. The topological polar surface area (TPSA) is 90.0 Å². The van der Waals surface area contributed by atoms with Crippen molar-refractivity contribution in [2.45, 2.75) is 44.3 Å². The van der Waals surface area contributed by atoms with Crippen molar-refractivity contribution in [3.8, 4) is 0 Å². The van der Waals surface area contributed by atoms with E-state index in [1.807, 2.05) is 0 Å². The van der Waals surface area contributed by atoms with Crippen molar-refractivity contribution < 1.29 is 40.1 Å². The van der Waals surface area contributed by atoms with Crippen LogP contribution in [0.15, 0.2) is 12.0 Å². The molecule has 0 saturated heterocycles. The summed E-state index contributed by atoms with van der Waals surface area (Å²) in [5.41, 5.74) is -6.51. The minimum absolute atomic E-state index is 0.275. The lowest BCUT2D eigenvalue weighted by atomic mass is 10.2. The Kier molecular flexibility index (Phi) is 4.80. The third kappa shape index (κ3) is 4.36. The molecular formula is C11H14F3NO6S. The summed E-state index contributed by atoms with van der Waals surface area (Å²) >= 11 is 0. The molecule has 0 aromatic carbocycles. The molecule has 22 heavy (non-hydrogen) atoms. The quantitative estimate of drug-likeness (QED) is 0.441. The van der Waals surface area contributed by atoms with Gasteiger partial charge in [0.1, 0.15) is 23.7 Å². The van der Waals surface area contributed by atoms with E-state index in [0.717, 1.165) is 0 Å². The van der Waals surface area contributed by atoms with Crippen LogP contribution in [0.3, 0.4) is 0 Å². The molecule has 1 atom stereocenters. The van der Waals surface area contributed by atoms with Gasteiger partial charge in [0.15, 0.2) is 0 Å². The summed E-state index contributed by atoms with van der Waals surface area (Å²) < 4.78 is 67.3. The van der Waals surface area contributed by atoms with Gasteiger partial charge in [-0.15, -0.1) is 0 Å². The normalized spacial score (nSPS) is 19.6. The van der Waals surface area contributed by atoms with E-state index >= 15 is 0 Å². The Bertz CT molecular complexity index is 590. The third-order valence-electron chi connectivity index (χ3n) is 2.31. The first-order valence-corrected chi connectivity index (χ1v) is 7.36. The summed E-state index contributed by atoms with van der Waals surface area (Å²) in [7, 11) is -5.86. The molecule has 0 aromatic rings. The van der Waals surface area contributed by atoms with E-state index in [0.29, 0.717) is 11.1 Å². The Morgan fingerprint density at radius 3 is 2.32 bits per heavy atom. The van der Waals surface area contributed by atoms with Crippen LogP contribution in [0.4, 0.5) is 18.0 Å². The van der Waals surface area contributed by atoms with E-state index in [-0.39, 0.29) is 6.29 Å². The smallest absolute Gasteiger partial charge is 0.443 e. The Balaban J connectivity index is 2.95. The van der Waals surface area contributed by atoms with E-state index in [2.05, 4.69) is 4.18 Å². The summed E-state index contributed by atoms with van der Waals surface area (Å²) in [6.07, 6.45) is -0.529. The summed E-state index contributed by atoms with van der Waals surface area (Å²) in [5, 5.41) is 0. The molecule has 1 rings (SSSR count). The Morgan fingerprint density at radius 1 is 1.36 bits per heavy atom. The fourth-order valence-corrected chi connectivity index (χ4v) is 1.96. The average Bonchev–Trinajstić information content (AvgIpc) is 2.67. The van der Waals surface area contributed by atoms with Crippen molar-refractivity contribution >= 4 is 22.5 Å². The summed E-state index contributed by atoms with van der Waals surface area (Å²) in [5.74, 6) is -0.680. The van der Waals surface area contributed by atoms with Gasteiger partial charge in [0.2, 0.25) is 0 Å². The second kappa shape index (κ2) is 5.78. The predicted molar refractivity (Wildman–Crippen MR) is 66.7 cm³/mol. The van der Waals surface area contributed by atoms with Crippen molar-refractivity contribution in [2.75, 3.05) is 0 Å². The Labute approximate surface area is 124 Å². The summed E-state index contributed by atoms with van der Waals surface area (Å²) in [4.78, 5) is 23.4. The molecule has 0 N–H and O–H groups in total. The number of carbonyl (C=O) groups is 2. The van der Waals surface area contributed by atoms with Crippen LogP contribution in [-0.2, 0) is 23.8 Å². The van der Waals surface area contributed by atoms with Crippen molar-refractivity contribution in [3.05, 3.63) is 12.0 Å². The van der Waals surface area contributed by atoms with Crippen molar-refractivity contribution in [3.63, 3.8) is 0 Å². The number of amides is 1. The highest BCUT2D eigenvalue weighted by Crippen LogP contribution is 2.31. The van der Waals surface area contributed by atoms with Crippen LogP contribution in [-0.4, -0.2) is 42.8 Å². The lowest BCUT2D eigenvalue weighted by molar-refractivity contribution is -0.111. The van der Waals surface area contributed by atoms with Crippen LogP contribution in [0, 0.1) is 0 Å². The number of hydrogen-bond acceptors (Lipinski definition) is 6. The maximum absolute atomic E-state index is 12.2. The first-order valence-electron chi connectivity index (χ1n) is 5.95. The third-order valence-corrected chi connectivity index (χ3v) is 3.31. The first kappa shape index (κ1) is 18.3. The zero-order valence-electron chi connectivity index (χ0n) is 11.9. The number of rotatable bonds is 3. The Morgan fingerprint density at radius 2 is 1.91 bits per heavy atom. The number of nitrogens with zero attached hydrogens (tertiary/aromatic N) is 1. The zero-order chi connectivity index (χ0) is 17.3. The second-order valence-corrected chi connectivity index (χ2v) is 6.91. The van der Waals surface area contributed by atoms with Gasteiger partial charge in [-0.1, -0.05) is 0 Å². The Hall–Kier alpha value is -1.78. The van der Waals surface area contributed by atoms with Crippen LogP contribution in [0.25, 0.3) is 0 Å². The molecule has 0 bridgehead atoms. The molecule has 0 fully saturated rings. The largest absolute Gasteiger partial charge is 0.534 e. The summed E-state index contributed by atoms with van der Waals surface area (Å²) in [6.45, 7) is 4.64. The van der Waals surface area contributed by atoms with Crippen molar-refractivity contribution in [1.29, 1.82) is 0 Å². The van der Waals surface area contributed by atoms with Gasteiger partial charge < -0.3 is 13.7 Å².